The van der Waals surface area contributed by atoms with Crippen LogP contribution < -0.4 is 0 Å². The molecule has 3 rings (SSSR count). The first kappa shape index (κ1) is 41.3. The van der Waals surface area contributed by atoms with E-state index in [4.69, 9.17) is 18.9 Å². The number of piperazine rings is 1. The molecule has 0 N–H and O–H groups in total. The van der Waals surface area contributed by atoms with Crippen molar-refractivity contribution in [3.63, 3.8) is 0 Å². The van der Waals surface area contributed by atoms with E-state index in [1.807, 2.05) is 13.8 Å². The molecular formula is C38H72N4O6. The van der Waals surface area contributed by atoms with Crippen molar-refractivity contribution >= 4 is 11.8 Å². The lowest BCUT2D eigenvalue weighted by Gasteiger charge is -2.46. The summed E-state index contributed by atoms with van der Waals surface area (Å²) in [6.07, 6.45) is 1.83. The Morgan fingerprint density at radius 1 is 0.979 bits per heavy atom. The van der Waals surface area contributed by atoms with E-state index in [1.54, 1.807) is 21.0 Å². The van der Waals surface area contributed by atoms with E-state index in [-0.39, 0.29) is 30.0 Å². The molecule has 3 saturated heterocycles. The smallest absolute Gasteiger partial charge is 0.319 e. The molecule has 0 aliphatic carbocycles. The van der Waals surface area contributed by atoms with Gasteiger partial charge in [0.2, 0.25) is 0 Å². The Kier molecular flexibility index (Phi) is 15.4. The lowest BCUT2D eigenvalue weighted by molar-refractivity contribution is -0.263. The molecule has 0 aromatic carbocycles. The van der Waals surface area contributed by atoms with E-state index in [1.165, 1.54) is 0 Å². The number of hydrogen-bond donors (Lipinski definition) is 0. The Bertz CT molecular complexity index is 1020. The number of cyclic esters (lactones) is 1. The molecule has 0 aromatic rings. The highest BCUT2D eigenvalue weighted by Gasteiger charge is 2.51. The first-order valence-electron chi connectivity index (χ1n) is 18.9. The van der Waals surface area contributed by atoms with E-state index in [2.05, 4.69) is 75.2 Å². The van der Waals surface area contributed by atoms with Gasteiger partial charge in [-0.15, -0.1) is 0 Å². The Balaban J connectivity index is 1.96. The number of carbonyl (C=O) groups excluding carboxylic acids is 2. The molecule has 9 atom stereocenters. The molecule has 0 amide bonds. The first-order chi connectivity index (χ1) is 22.4. The fourth-order valence-corrected chi connectivity index (χ4v) is 8.39. The predicted octanol–water partition coefficient (Wildman–Crippen LogP) is 4.79. The van der Waals surface area contributed by atoms with Crippen LogP contribution >= 0.6 is 0 Å². The minimum absolute atomic E-state index is 0.00183. The van der Waals surface area contributed by atoms with Crippen LogP contribution in [0.3, 0.4) is 0 Å². The van der Waals surface area contributed by atoms with Gasteiger partial charge in [-0.3, -0.25) is 19.4 Å². The van der Waals surface area contributed by atoms with Crippen LogP contribution in [0.15, 0.2) is 0 Å². The number of nitrogens with zero attached hydrogens (tertiary/aromatic N) is 4. The van der Waals surface area contributed by atoms with Gasteiger partial charge in [-0.2, -0.15) is 0 Å². The molecular weight excluding hydrogens is 608 g/mol. The van der Waals surface area contributed by atoms with Crippen LogP contribution in [0.5, 0.6) is 0 Å². The highest BCUT2D eigenvalue weighted by atomic mass is 16.7. The molecule has 0 spiro atoms. The van der Waals surface area contributed by atoms with Crippen molar-refractivity contribution < 1.29 is 28.5 Å². The molecule has 3 aliphatic rings. The van der Waals surface area contributed by atoms with Crippen LogP contribution in [0, 0.1) is 23.2 Å². The van der Waals surface area contributed by atoms with Crippen molar-refractivity contribution in [1.82, 2.24) is 19.6 Å². The highest BCUT2D eigenvalue weighted by molar-refractivity contribution is 6.04. The van der Waals surface area contributed by atoms with Crippen LogP contribution in [-0.4, -0.2) is 147 Å². The second-order valence-corrected chi connectivity index (χ2v) is 16.8. The SMILES string of the molecule is CCCN1C[C@H](C)C[C@@](C)(OC)[C@H](O[C@H]2C[C@@H](N(C)C)C[C@@H](C)O2)[C@@H](C)C(=O)C(C)(C)C(=O)O[C@@H](C)[C@@H]1CN1CCN(CC(C)C)CC1. The third-order valence-corrected chi connectivity index (χ3v) is 11.2. The second-order valence-electron chi connectivity index (χ2n) is 16.8. The maximum Gasteiger partial charge on any atom is 0.319 e. The fourth-order valence-electron chi connectivity index (χ4n) is 8.39. The predicted molar refractivity (Wildman–Crippen MR) is 192 cm³/mol. The minimum Gasteiger partial charge on any atom is -0.460 e. The van der Waals surface area contributed by atoms with Crippen LogP contribution in [0.1, 0.15) is 94.9 Å². The van der Waals surface area contributed by atoms with E-state index in [0.717, 1.165) is 65.2 Å². The maximum atomic E-state index is 14.4. The summed E-state index contributed by atoms with van der Waals surface area (Å²) in [5.41, 5.74) is -2.16. The van der Waals surface area contributed by atoms with Gasteiger partial charge in [-0.05, 0) is 86.4 Å². The largest absolute Gasteiger partial charge is 0.460 e. The van der Waals surface area contributed by atoms with Crippen LogP contribution in [0.25, 0.3) is 0 Å². The zero-order chi connectivity index (χ0) is 36.0. The van der Waals surface area contributed by atoms with E-state index < -0.39 is 35.3 Å². The van der Waals surface area contributed by atoms with Crippen molar-refractivity contribution in [2.24, 2.45) is 23.2 Å². The second kappa shape index (κ2) is 17.9. The van der Waals surface area contributed by atoms with Gasteiger partial charge in [0.05, 0.1) is 23.9 Å². The van der Waals surface area contributed by atoms with Crippen LogP contribution in [0.4, 0.5) is 0 Å². The van der Waals surface area contributed by atoms with Gasteiger partial charge in [0.15, 0.2) is 12.1 Å². The minimum atomic E-state index is -1.36. The molecule has 10 nitrogen and oxygen atoms in total. The zero-order valence-corrected chi connectivity index (χ0v) is 32.9. The number of rotatable bonds is 10. The molecule has 48 heavy (non-hydrogen) atoms. The number of ketones is 1. The topological polar surface area (TPSA) is 84.0 Å². The lowest BCUT2D eigenvalue weighted by Crippen LogP contribution is -2.56. The van der Waals surface area contributed by atoms with Crippen LogP contribution in [0.2, 0.25) is 0 Å². The van der Waals surface area contributed by atoms with Gasteiger partial charge in [0.1, 0.15) is 11.5 Å². The van der Waals surface area contributed by atoms with Crippen molar-refractivity contribution in [3.05, 3.63) is 0 Å². The molecule has 3 heterocycles. The molecule has 0 bridgehead atoms. The van der Waals surface area contributed by atoms with Gasteiger partial charge in [0.25, 0.3) is 0 Å². The van der Waals surface area contributed by atoms with Crippen molar-refractivity contribution in [1.29, 1.82) is 0 Å². The third-order valence-electron chi connectivity index (χ3n) is 11.2. The van der Waals surface area contributed by atoms with Gasteiger partial charge in [-0.1, -0.05) is 34.6 Å². The summed E-state index contributed by atoms with van der Waals surface area (Å²) in [6, 6.07) is 0.302. The Morgan fingerprint density at radius 3 is 2.17 bits per heavy atom. The Labute approximate surface area is 293 Å². The average molecular weight is 681 g/mol. The number of esters is 1. The molecule has 10 heteroatoms. The third kappa shape index (κ3) is 10.7. The molecule has 3 fully saturated rings. The molecule has 0 unspecified atom stereocenters. The zero-order valence-electron chi connectivity index (χ0n) is 32.9. The van der Waals surface area contributed by atoms with E-state index in [0.29, 0.717) is 24.8 Å². The summed E-state index contributed by atoms with van der Waals surface area (Å²) in [7, 11) is 5.89. The number of hydrogen-bond acceptors (Lipinski definition) is 10. The van der Waals surface area contributed by atoms with Gasteiger partial charge < -0.3 is 28.7 Å². The molecule has 0 saturated carbocycles. The van der Waals surface area contributed by atoms with E-state index in [9.17, 15) is 9.59 Å². The first-order valence-corrected chi connectivity index (χ1v) is 18.9. The molecule has 0 radical (unpaired) electrons. The van der Waals surface area contributed by atoms with Gasteiger partial charge in [-0.25, -0.2) is 0 Å². The van der Waals surface area contributed by atoms with E-state index >= 15 is 0 Å². The lowest BCUT2D eigenvalue weighted by atomic mass is 9.74. The molecule has 3 aliphatic heterocycles. The maximum absolute atomic E-state index is 14.4. The summed E-state index contributed by atoms with van der Waals surface area (Å²) >= 11 is 0. The Hall–Kier alpha value is -1.14. The van der Waals surface area contributed by atoms with Crippen molar-refractivity contribution in [3.8, 4) is 0 Å². The Morgan fingerprint density at radius 2 is 1.60 bits per heavy atom. The fraction of sp³-hybridized carbons (Fsp3) is 0.947. The molecule has 280 valence electrons. The number of carbonyl (C=O) groups is 2. The number of ether oxygens (including phenoxy) is 4. The van der Waals surface area contributed by atoms with Gasteiger partial charge in [0, 0.05) is 71.3 Å². The summed E-state index contributed by atoms with van der Waals surface area (Å²) in [4.78, 5) is 38.3. The number of Topliss-reactive ketones (excluding diaryl/α,β-unsaturated/α-hetero) is 1. The monoisotopic (exact) mass is 681 g/mol. The standard InChI is InChI=1S/C38H72N4O6/c1-14-15-42-24-27(4)22-38(10,45-13)35(48-33-21-31(39(11)12)20-28(5)46-33)29(6)34(43)37(8,9)36(44)47-30(7)32(42)25-41-18-16-40(17-19-41)23-26(2)3/h26-33,35H,14-25H2,1-13H3/t27-,28-,29+,30+,31+,32+,33+,35-,38-/m1/s1. The van der Waals surface area contributed by atoms with Crippen molar-refractivity contribution in [2.45, 2.75) is 137 Å². The highest BCUT2D eigenvalue weighted by Crippen LogP contribution is 2.38. The summed E-state index contributed by atoms with van der Waals surface area (Å²) in [6.45, 7) is 28.3. The molecule has 0 aromatic heterocycles. The summed E-state index contributed by atoms with van der Waals surface area (Å²) in [5.74, 6) is -0.438. The summed E-state index contributed by atoms with van der Waals surface area (Å²) < 4.78 is 25.9. The summed E-state index contributed by atoms with van der Waals surface area (Å²) in [5, 5.41) is 0. The average Bonchev–Trinajstić information content (AvgIpc) is 3.01. The van der Waals surface area contributed by atoms with Gasteiger partial charge >= 0.3 is 5.97 Å². The van der Waals surface area contributed by atoms with Crippen LogP contribution in [-0.2, 0) is 28.5 Å². The quantitative estimate of drug-likeness (QED) is 0.237. The van der Waals surface area contributed by atoms with Crippen molar-refractivity contribution in [2.75, 3.05) is 73.6 Å². The normalized spacial score (nSPS) is 37.2. The number of methoxy groups -OCH3 is 1.